The van der Waals surface area contributed by atoms with Crippen molar-refractivity contribution in [3.05, 3.63) is 53.3 Å². The highest BCUT2D eigenvalue weighted by Gasteiger charge is 2.50. The van der Waals surface area contributed by atoms with Crippen molar-refractivity contribution in [1.29, 1.82) is 0 Å². The summed E-state index contributed by atoms with van der Waals surface area (Å²) in [6, 6.07) is 6.12. The first-order valence-electron chi connectivity index (χ1n) is 7.66. The number of hydrogen-bond donors (Lipinski definition) is 2. The SMILES string of the molecule is Cc1ccc(Nc2c(NS(=O)(=O)C3(C)CC3)ccc(F)c2F)c(F)c1. The van der Waals surface area contributed by atoms with Gasteiger partial charge in [0, 0.05) is 0 Å². The Bertz CT molecular complexity index is 941. The van der Waals surface area contributed by atoms with Crippen molar-refractivity contribution in [3.8, 4) is 0 Å². The van der Waals surface area contributed by atoms with Crippen LogP contribution in [0.4, 0.5) is 30.2 Å². The standard InChI is InChI=1S/C17H17F3N2O2S/c1-10-3-5-13(12(19)9-10)21-16-14(6-4-11(18)15(16)20)22-25(23,24)17(2)7-8-17/h3-6,9,21-22H,7-8H2,1-2H3. The molecule has 0 spiro atoms. The monoisotopic (exact) mass is 370 g/mol. The minimum atomic E-state index is -3.77. The number of aryl methyl sites for hydroxylation is 1. The molecule has 0 amide bonds. The highest BCUT2D eigenvalue weighted by atomic mass is 32.2. The summed E-state index contributed by atoms with van der Waals surface area (Å²) < 4.78 is 68.0. The van der Waals surface area contributed by atoms with Crippen LogP contribution in [-0.4, -0.2) is 13.2 Å². The van der Waals surface area contributed by atoms with Crippen LogP contribution >= 0.6 is 0 Å². The molecular weight excluding hydrogens is 353 g/mol. The predicted molar refractivity (Wildman–Crippen MR) is 91.0 cm³/mol. The average molecular weight is 370 g/mol. The van der Waals surface area contributed by atoms with Gasteiger partial charge in [0.2, 0.25) is 10.0 Å². The van der Waals surface area contributed by atoms with Gasteiger partial charge in [-0.15, -0.1) is 0 Å². The molecule has 0 saturated heterocycles. The zero-order valence-electron chi connectivity index (χ0n) is 13.7. The number of hydrogen-bond acceptors (Lipinski definition) is 3. The van der Waals surface area contributed by atoms with E-state index in [4.69, 9.17) is 0 Å². The molecule has 1 saturated carbocycles. The first-order chi connectivity index (χ1) is 11.6. The molecule has 2 aromatic carbocycles. The Kier molecular flexibility index (Phi) is 4.18. The van der Waals surface area contributed by atoms with Crippen LogP contribution in [0.15, 0.2) is 30.3 Å². The van der Waals surface area contributed by atoms with E-state index in [1.807, 2.05) is 0 Å². The van der Waals surface area contributed by atoms with Crippen LogP contribution in [0.25, 0.3) is 0 Å². The molecule has 0 unspecified atom stereocenters. The lowest BCUT2D eigenvalue weighted by Crippen LogP contribution is -2.27. The first kappa shape index (κ1) is 17.6. The van der Waals surface area contributed by atoms with Gasteiger partial charge in [0.1, 0.15) is 11.5 Å². The van der Waals surface area contributed by atoms with Gasteiger partial charge in [0.05, 0.1) is 16.1 Å². The summed E-state index contributed by atoms with van der Waals surface area (Å²) in [5.74, 6) is -3.12. The molecule has 4 nitrogen and oxygen atoms in total. The molecule has 1 aliphatic carbocycles. The topological polar surface area (TPSA) is 58.2 Å². The lowest BCUT2D eigenvalue weighted by atomic mass is 10.2. The van der Waals surface area contributed by atoms with E-state index < -0.39 is 37.9 Å². The molecule has 0 atom stereocenters. The van der Waals surface area contributed by atoms with E-state index in [0.29, 0.717) is 18.4 Å². The second-order valence-electron chi connectivity index (χ2n) is 6.45. The molecule has 3 rings (SSSR count). The molecule has 25 heavy (non-hydrogen) atoms. The normalized spacial score (nSPS) is 15.7. The fourth-order valence-corrected chi connectivity index (χ4v) is 3.67. The molecule has 1 aliphatic rings. The minimum Gasteiger partial charge on any atom is -0.349 e. The van der Waals surface area contributed by atoms with Crippen LogP contribution in [0.1, 0.15) is 25.3 Å². The van der Waals surface area contributed by atoms with Gasteiger partial charge in [0.25, 0.3) is 0 Å². The molecule has 8 heteroatoms. The van der Waals surface area contributed by atoms with Crippen LogP contribution < -0.4 is 10.0 Å². The summed E-state index contributed by atoms with van der Waals surface area (Å²) in [4.78, 5) is 0. The molecule has 0 aromatic heterocycles. The Morgan fingerprint density at radius 3 is 2.24 bits per heavy atom. The minimum absolute atomic E-state index is 0.0896. The number of rotatable bonds is 5. The molecule has 0 aliphatic heterocycles. The number of sulfonamides is 1. The van der Waals surface area contributed by atoms with Crippen LogP contribution in [-0.2, 0) is 10.0 Å². The fourth-order valence-electron chi connectivity index (χ4n) is 2.33. The van der Waals surface area contributed by atoms with Gasteiger partial charge in [0.15, 0.2) is 11.6 Å². The fraction of sp³-hybridized carbons (Fsp3) is 0.294. The molecule has 2 aromatic rings. The van der Waals surface area contributed by atoms with E-state index in [9.17, 15) is 21.6 Å². The third-order valence-corrected chi connectivity index (χ3v) is 6.52. The maximum absolute atomic E-state index is 14.3. The quantitative estimate of drug-likeness (QED) is 0.818. The molecule has 134 valence electrons. The summed E-state index contributed by atoms with van der Waals surface area (Å²) in [5, 5.41) is 2.45. The Morgan fingerprint density at radius 1 is 1.00 bits per heavy atom. The van der Waals surface area contributed by atoms with E-state index in [-0.39, 0.29) is 11.4 Å². The molecule has 0 bridgehead atoms. The number of benzene rings is 2. The Labute approximate surface area is 144 Å². The van der Waals surface area contributed by atoms with Crippen molar-refractivity contribution < 1.29 is 21.6 Å². The zero-order valence-corrected chi connectivity index (χ0v) is 14.5. The third kappa shape index (κ3) is 3.30. The van der Waals surface area contributed by atoms with Crippen LogP contribution in [0.5, 0.6) is 0 Å². The number of halogens is 3. The highest BCUT2D eigenvalue weighted by molar-refractivity contribution is 7.94. The second kappa shape index (κ2) is 5.94. The lowest BCUT2D eigenvalue weighted by Gasteiger charge is -2.18. The number of anilines is 3. The summed E-state index contributed by atoms with van der Waals surface area (Å²) >= 11 is 0. The van der Waals surface area contributed by atoms with Gasteiger partial charge in [-0.25, -0.2) is 21.6 Å². The van der Waals surface area contributed by atoms with Gasteiger partial charge in [-0.05, 0) is 56.5 Å². The van der Waals surface area contributed by atoms with Crippen molar-refractivity contribution in [1.82, 2.24) is 0 Å². The van der Waals surface area contributed by atoms with Gasteiger partial charge in [-0.2, -0.15) is 0 Å². The summed E-state index contributed by atoms with van der Waals surface area (Å²) in [5.41, 5.74) is -0.0684. The van der Waals surface area contributed by atoms with Crippen LogP contribution in [0.3, 0.4) is 0 Å². The highest BCUT2D eigenvalue weighted by Crippen LogP contribution is 2.44. The van der Waals surface area contributed by atoms with E-state index in [2.05, 4.69) is 10.0 Å². The van der Waals surface area contributed by atoms with E-state index in [0.717, 1.165) is 12.1 Å². The molecular formula is C17H17F3N2O2S. The largest absolute Gasteiger partial charge is 0.349 e. The smallest absolute Gasteiger partial charge is 0.238 e. The second-order valence-corrected chi connectivity index (χ2v) is 8.64. The molecule has 0 heterocycles. The molecule has 0 radical (unpaired) electrons. The van der Waals surface area contributed by atoms with Crippen molar-refractivity contribution in [2.75, 3.05) is 10.0 Å². The van der Waals surface area contributed by atoms with Crippen molar-refractivity contribution in [2.24, 2.45) is 0 Å². The van der Waals surface area contributed by atoms with Crippen molar-refractivity contribution in [3.63, 3.8) is 0 Å². The summed E-state index contributed by atoms with van der Waals surface area (Å²) in [6.07, 6.45) is 0.975. The molecule has 2 N–H and O–H groups in total. The summed E-state index contributed by atoms with van der Waals surface area (Å²) in [6.45, 7) is 3.26. The van der Waals surface area contributed by atoms with Crippen molar-refractivity contribution >= 4 is 27.1 Å². The van der Waals surface area contributed by atoms with Gasteiger partial charge in [-0.3, -0.25) is 4.72 Å². The Balaban J connectivity index is 2.01. The van der Waals surface area contributed by atoms with Gasteiger partial charge in [-0.1, -0.05) is 6.07 Å². The summed E-state index contributed by atoms with van der Waals surface area (Å²) in [7, 11) is -3.77. The Hall–Kier alpha value is -2.22. The maximum atomic E-state index is 14.3. The average Bonchev–Trinajstić information content (AvgIpc) is 3.28. The first-order valence-corrected chi connectivity index (χ1v) is 9.15. The maximum Gasteiger partial charge on any atom is 0.238 e. The van der Waals surface area contributed by atoms with Crippen LogP contribution in [0.2, 0.25) is 0 Å². The van der Waals surface area contributed by atoms with Gasteiger partial charge >= 0.3 is 0 Å². The van der Waals surface area contributed by atoms with E-state index in [1.165, 1.54) is 12.1 Å². The number of nitrogens with one attached hydrogen (secondary N) is 2. The third-order valence-electron chi connectivity index (χ3n) is 4.33. The lowest BCUT2D eigenvalue weighted by molar-refractivity contribution is 0.512. The van der Waals surface area contributed by atoms with Gasteiger partial charge < -0.3 is 5.32 Å². The zero-order chi connectivity index (χ0) is 18.4. The predicted octanol–water partition coefficient (Wildman–Crippen LogP) is 4.45. The van der Waals surface area contributed by atoms with E-state index in [1.54, 1.807) is 19.9 Å². The Morgan fingerprint density at radius 2 is 1.64 bits per heavy atom. The van der Waals surface area contributed by atoms with Crippen molar-refractivity contribution in [2.45, 2.75) is 31.4 Å². The molecule has 1 fully saturated rings. The van der Waals surface area contributed by atoms with Crippen LogP contribution in [0, 0.1) is 24.4 Å². The van der Waals surface area contributed by atoms with E-state index >= 15 is 0 Å².